The number of nitrogens with two attached hydrogens (primary N) is 1. The van der Waals surface area contributed by atoms with Gasteiger partial charge in [0.05, 0.1) is 0 Å². The lowest BCUT2D eigenvalue weighted by Crippen LogP contribution is -2.27. The number of hydrogen-bond donors (Lipinski definition) is 2. The molecule has 0 aliphatic carbocycles. The molecular formula is C4H7N3O. The van der Waals surface area contributed by atoms with Gasteiger partial charge in [0, 0.05) is 7.11 Å². The molecule has 0 aromatic carbocycles. The predicted octanol–water partition coefficient (Wildman–Crippen LogP) is -0.539. The molecule has 8 heavy (non-hydrogen) atoms. The topological polar surface area (TPSA) is 82.9 Å². The summed E-state index contributed by atoms with van der Waals surface area (Å²) in [6.07, 6.45) is -0.880. The summed E-state index contributed by atoms with van der Waals surface area (Å²) in [5, 5.41) is 14.8. The van der Waals surface area contributed by atoms with Gasteiger partial charge in [-0.15, -0.1) is 0 Å². The SMILES string of the molecule is COC(C#N)C(=N)N. The van der Waals surface area contributed by atoms with Gasteiger partial charge >= 0.3 is 0 Å². The molecule has 0 spiro atoms. The number of amidine groups is 1. The largest absolute Gasteiger partial charge is 0.385 e. The van der Waals surface area contributed by atoms with Gasteiger partial charge in [-0.25, -0.2) is 0 Å². The van der Waals surface area contributed by atoms with Gasteiger partial charge in [-0.1, -0.05) is 0 Å². The maximum absolute atomic E-state index is 8.10. The van der Waals surface area contributed by atoms with Gasteiger partial charge in [-0.3, -0.25) is 5.41 Å². The average molecular weight is 113 g/mol. The summed E-state index contributed by atoms with van der Waals surface area (Å²) in [7, 11) is 1.33. The second-order valence-corrected chi connectivity index (χ2v) is 1.20. The highest BCUT2D eigenvalue weighted by molar-refractivity contribution is 5.84. The van der Waals surface area contributed by atoms with Crippen LogP contribution < -0.4 is 5.73 Å². The van der Waals surface area contributed by atoms with E-state index in [-0.39, 0.29) is 5.84 Å². The van der Waals surface area contributed by atoms with Gasteiger partial charge in [0.25, 0.3) is 0 Å². The molecule has 0 saturated heterocycles. The van der Waals surface area contributed by atoms with Crippen molar-refractivity contribution in [3.8, 4) is 6.07 Å². The highest BCUT2D eigenvalue weighted by Crippen LogP contribution is 1.82. The van der Waals surface area contributed by atoms with Gasteiger partial charge in [0.2, 0.25) is 0 Å². The Morgan fingerprint density at radius 3 is 2.50 bits per heavy atom. The first-order valence-electron chi connectivity index (χ1n) is 1.98. The Hall–Kier alpha value is -1.08. The lowest BCUT2D eigenvalue weighted by atomic mass is 10.4. The molecular weight excluding hydrogens is 106 g/mol. The zero-order valence-corrected chi connectivity index (χ0v) is 4.51. The molecule has 0 rings (SSSR count). The van der Waals surface area contributed by atoms with Crippen LogP contribution in [0.25, 0.3) is 0 Å². The van der Waals surface area contributed by atoms with Crippen LogP contribution in [-0.2, 0) is 4.74 Å². The van der Waals surface area contributed by atoms with Crippen molar-refractivity contribution in [2.24, 2.45) is 5.73 Å². The standard InChI is InChI=1S/C4H7N3O/c1-8-3(2-5)4(6)7/h3H,1H3,(H3,6,7). The zero-order chi connectivity index (χ0) is 6.57. The molecule has 0 aromatic heterocycles. The average Bonchev–Trinajstić information content (AvgIpc) is 1.69. The Morgan fingerprint density at radius 1 is 2.00 bits per heavy atom. The van der Waals surface area contributed by atoms with Crippen molar-refractivity contribution in [3.05, 3.63) is 0 Å². The van der Waals surface area contributed by atoms with E-state index in [4.69, 9.17) is 16.4 Å². The number of methoxy groups -OCH3 is 1. The van der Waals surface area contributed by atoms with Crippen LogP contribution in [-0.4, -0.2) is 19.0 Å². The second kappa shape index (κ2) is 2.99. The van der Waals surface area contributed by atoms with Crippen molar-refractivity contribution in [1.29, 1.82) is 10.7 Å². The summed E-state index contributed by atoms with van der Waals surface area (Å²) < 4.78 is 4.45. The summed E-state index contributed by atoms with van der Waals surface area (Å²) in [6, 6.07) is 1.68. The van der Waals surface area contributed by atoms with Crippen molar-refractivity contribution in [1.82, 2.24) is 0 Å². The second-order valence-electron chi connectivity index (χ2n) is 1.20. The molecule has 4 heteroatoms. The van der Waals surface area contributed by atoms with Crippen molar-refractivity contribution in [3.63, 3.8) is 0 Å². The molecule has 0 aromatic rings. The minimum absolute atomic E-state index is 0.255. The van der Waals surface area contributed by atoms with Crippen LogP contribution in [0.3, 0.4) is 0 Å². The first-order chi connectivity index (χ1) is 3.72. The summed E-state index contributed by atoms with van der Waals surface area (Å²) in [6.45, 7) is 0. The zero-order valence-electron chi connectivity index (χ0n) is 4.51. The van der Waals surface area contributed by atoms with E-state index in [1.165, 1.54) is 7.11 Å². The Labute approximate surface area is 47.4 Å². The van der Waals surface area contributed by atoms with Crippen molar-refractivity contribution < 1.29 is 4.74 Å². The van der Waals surface area contributed by atoms with E-state index in [1.54, 1.807) is 6.07 Å². The number of ether oxygens (including phenoxy) is 1. The van der Waals surface area contributed by atoms with E-state index in [0.717, 1.165) is 0 Å². The van der Waals surface area contributed by atoms with Gasteiger partial charge in [-0.2, -0.15) is 5.26 Å². The summed E-state index contributed by atoms with van der Waals surface area (Å²) in [5.74, 6) is -0.255. The van der Waals surface area contributed by atoms with Gasteiger partial charge in [0.15, 0.2) is 6.10 Å². The third-order valence-electron chi connectivity index (χ3n) is 0.635. The van der Waals surface area contributed by atoms with Crippen LogP contribution in [0.4, 0.5) is 0 Å². The van der Waals surface area contributed by atoms with Gasteiger partial charge in [0.1, 0.15) is 11.9 Å². The molecule has 1 unspecified atom stereocenters. The molecule has 0 aliphatic rings. The number of hydrogen-bond acceptors (Lipinski definition) is 3. The normalized spacial score (nSPS) is 12.0. The number of nitrogens with zero attached hydrogens (tertiary/aromatic N) is 1. The molecule has 0 fully saturated rings. The van der Waals surface area contributed by atoms with Crippen LogP contribution in [0, 0.1) is 16.7 Å². The first-order valence-corrected chi connectivity index (χ1v) is 1.98. The highest BCUT2D eigenvalue weighted by Gasteiger charge is 2.05. The fourth-order valence-corrected chi connectivity index (χ4v) is 0.249. The fourth-order valence-electron chi connectivity index (χ4n) is 0.249. The lowest BCUT2D eigenvalue weighted by Gasteiger charge is -2.00. The third-order valence-corrected chi connectivity index (χ3v) is 0.635. The molecule has 0 aliphatic heterocycles. The number of nitriles is 1. The maximum atomic E-state index is 8.10. The molecule has 0 radical (unpaired) electrons. The van der Waals surface area contributed by atoms with Crippen molar-refractivity contribution >= 4 is 5.84 Å². The van der Waals surface area contributed by atoms with Crippen molar-refractivity contribution in [2.45, 2.75) is 6.10 Å². The van der Waals surface area contributed by atoms with E-state index in [9.17, 15) is 0 Å². The summed E-state index contributed by atoms with van der Waals surface area (Å²) in [4.78, 5) is 0. The molecule has 3 N–H and O–H groups in total. The first kappa shape index (κ1) is 6.92. The fraction of sp³-hybridized carbons (Fsp3) is 0.500. The Morgan fingerprint density at radius 2 is 2.50 bits per heavy atom. The highest BCUT2D eigenvalue weighted by atomic mass is 16.5. The molecule has 0 heterocycles. The lowest BCUT2D eigenvalue weighted by molar-refractivity contribution is 0.195. The molecule has 0 amide bonds. The van der Waals surface area contributed by atoms with E-state index < -0.39 is 6.10 Å². The number of nitrogens with one attached hydrogen (secondary N) is 1. The molecule has 1 atom stereocenters. The van der Waals surface area contributed by atoms with Crippen molar-refractivity contribution in [2.75, 3.05) is 7.11 Å². The minimum atomic E-state index is -0.880. The van der Waals surface area contributed by atoms with E-state index in [0.29, 0.717) is 0 Å². The number of rotatable bonds is 2. The quantitative estimate of drug-likeness (QED) is 0.372. The predicted molar refractivity (Wildman–Crippen MR) is 28.3 cm³/mol. The minimum Gasteiger partial charge on any atom is -0.385 e. The third kappa shape index (κ3) is 1.58. The Balaban J connectivity index is 3.76. The molecule has 0 saturated carbocycles. The smallest absolute Gasteiger partial charge is 0.199 e. The maximum Gasteiger partial charge on any atom is 0.199 e. The molecule has 44 valence electrons. The summed E-state index contributed by atoms with van der Waals surface area (Å²) in [5.41, 5.74) is 4.89. The van der Waals surface area contributed by atoms with Crippen LogP contribution in [0.1, 0.15) is 0 Å². The van der Waals surface area contributed by atoms with E-state index in [2.05, 4.69) is 4.74 Å². The molecule has 0 bridgehead atoms. The Bertz CT molecular complexity index is 126. The van der Waals surface area contributed by atoms with Crippen LogP contribution in [0.2, 0.25) is 0 Å². The van der Waals surface area contributed by atoms with E-state index >= 15 is 0 Å². The van der Waals surface area contributed by atoms with E-state index in [1.807, 2.05) is 0 Å². The van der Waals surface area contributed by atoms with Crippen LogP contribution in [0.15, 0.2) is 0 Å². The Kier molecular flexibility index (Phi) is 2.59. The van der Waals surface area contributed by atoms with Crippen LogP contribution >= 0.6 is 0 Å². The van der Waals surface area contributed by atoms with Gasteiger partial charge < -0.3 is 10.5 Å². The van der Waals surface area contributed by atoms with Gasteiger partial charge in [-0.05, 0) is 0 Å². The summed E-state index contributed by atoms with van der Waals surface area (Å²) >= 11 is 0. The monoisotopic (exact) mass is 113 g/mol. The molecule has 4 nitrogen and oxygen atoms in total. The van der Waals surface area contributed by atoms with Crippen LogP contribution in [0.5, 0.6) is 0 Å².